The Morgan fingerprint density at radius 1 is 1.10 bits per heavy atom. The minimum Gasteiger partial charge on any atom is -0.488 e. The molecule has 2 rings (SSSR count). The first-order chi connectivity index (χ1) is 9.49. The standard InChI is InChI=1S/C14H13BF2O3/c1-9-7-10(15(18)19)5-6-14(9)20-8-11-12(16)3-2-4-13(11)17/h2-7,18-19H,8H2,1H3. The van der Waals surface area contributed by atoms with Crippen LogP contribution < -0.4 is 10.2 Å². The van der Waals surface area contributed by atoms with E-state index in [4.69, 9.17) is 14.8 Å². The van der Waals surface area contributed by atoms with Gasteiger partial charge in [-0.15, -0.1) is 0 Å². The largest absolute Gasteiger partial charge is 0.488 e. The minimum absolute atomic E-state index is 0.141. The van der Waals surface area contributed by atoms with Crippen LogP contribution in [-0.4, -0.2) is 17.2 Å². The monoisotopic (exact) mass is 278 g/mol. The number of hydrogen-bond acceptors (Lipinski definition) is 3. The molecule has 6 heteroatoms. The Labute approximate surface area is 115 Å². The normalized spacial score (nSPS) is 10.4. The van der Waals surface area contributed by atoms with E-state index in [0.29, 0.717) is 16.8 Å². The summed E-state index contributed by atoms with van der Waals surface area (Å²) in [6.07, 6.45) is 0. The third-order valence-electron chi connectivity index (χ3n) is 2.93. The fourth-order valence-electron chi connectivity index (χ4n) is 1.82. The molecule has 0 unspecified atom stereocenters. The van der Waals surface area contributed by atoms with E-state index in [1.165, 1.54) is 36.4 Å². The third-order valence-corrected chi connectivity index (χ3v) is 2.93. The summed E-state index contributed by atoms with van der Waals surface area (Å²) in [5, 5.41) is 18.1. The van der Waals surface area contributed by atoms with E-state index in [0.717, 1.165) is 0 Å². The van der Waals surface area contributed by atoms with Gasteiger partial charge in [0.25, 0.3) is 0 Å². The first-order valence-corrected chi connectivity index (χ1v) is 6.01. The SMILES string of the molecule is Cc1cc(B(O)O)ccc1OCc1c(F)cccc1F. The zero-order chi connectivity index (χ0) is 14.7. The molecule has 0 heterocycles. The first-order valence-electron chi connectivity index (χ1n) is 6.01. The molecule has 0 bridgehead atoms. The van der Waals surface area contributed by atoms with Gasteiger partial charge >= 0.3 is 7.12 Å². The minimum atomic E-state index is -1.56. The molecule has 0 aliphatic carbocycles. The number of rotatable bonds is 4. The molecule has 0 spiro atoms. The highest BCUT2D eigenvalue weighted by Crippen LogP contribution is 2.19. The zero-order valence-electron chi connectivity index (χ0n) is 10.8. The smallest absolute Gasteiger partial charge is 0.488 e. The highest BCUT2D eigenvalue weighted by molar-refractivity contribution is 6.58. The fourth-order valence-corrected chi connectivity index (χ4v) is 1.82. The van der Waals surface area contributed by atoms with Crippen molar-refractivity contribution in [2.24, 2.45) is 0 Å². The number of ether oxygens (including phenoxy) is 1. The van der Waals surface area contributed by atoms with Crippen LogP contribution in [0.1, 0.15) is 11.1 Å². The quantitative estimate of drug-likeness (QED) is 0.834. The van der Waals surface area contributed by atoms with Crippen LogP contribution >= 0.6 is 0 Å². The second kappa shape index (κ2) is 6.03. The first kappa shape index (κ1) is 14.5. The molecule has 0 atom stereocenters. The molecule has 0 amide bonds. The van der Waals surface area contributed by atoms with Gasteiger partial charge in [0.15, 0.2) is 0 Å². The maximum absolute atomic E-state index is 13.4. The Balaban J connectivity index is 2.15. The molecular weight excluding hydrogens is 265 g/mol. The summed E-state index contributed by atoms with van der Waals surface area (Å²) in [6.45, 7) is 1.47. The molecule has 0 fully saturated rings. The van der Waals surface area contributed by atoms with Crippen LogP contribution in [0.5, 0.6) is 5.75 Å². The molecule has 104 valence electrons. The lowest BCUT2D eigenvalue weighted by Crippen LogP contribution is -2.29. The van der Waals surface area contributed by atoms with Crippen molar-refractivity contribution in [2.75, 3.05) is 0 Å². The van der Waals surface area contributed by atoms with Crippen LogP contribution in [0.3, 0.4) is 0 Å². The molecule has 0 aliphatic heterocycles. The summed E-state index contributed by atoms with van der Waals surface area (Å²) < 4.78 is 32.3. The van der Waals surface area contributed by atoms with Crippen molar-refractivity contribution in [3.63, 3.8) is 0 Å². The number of halogens is 2. The molecule has 2 aromatic rings. The van der Waals surface area contributed by atoms with Crippen LogP contribution in [0.4, 0.5) is 8.78 Å². The average molecular weight is 278 g/mol. The topological polar surface area (TPSA) is 49.7 Å². The fraction of sp³-hybridized carbons (Fsp3) is 0.143. The molecular formula is C14H13BF2O3. The van der Waals surface area contributed by atoms with E-state index in [2.05, 4.69) is 0 Å². The van der Waals surface area contributed by atoms with E-state index < -0.39 is 18.8 Å². The lowest BCUT2D eigenvalue weighted by molar-refractivity contribution is 0.290. The van der Waals surface area contributed by atoms with Crippen LogP contribution in [0.15, 0.2) is 36.4 Å². The van der Waals surface area contributed by atoms with Crippen LogP contribution in [0, 0.1) is 18.6 Å². The van der Waals surface area contributed by atoms with Crippen molar-refractivity contribution >= 4 is 12.6 Å². The third kappa shape index (κ3) is 3.15. The predicted molar refractivity (Wildman–Crippen MR) is 71.7 cm³/mol. The number of benzene rings is 2. The second-order valence-corrected chi connectivity index (χ2v) is 4.39. The lowest BCUT2D eigenvalue weighted by atomic mass is 9.79. The van der Waals surface area contributed by atoms with E-state index in [-0.39, 0.29) is 12.2 Å². The van der Waals surface area contributed by atoms with Gasteiger partial charge in [-0.2, -0.15) is 0 Å². The van der Waals surface area contributed by atoms with Crippen molar-refractivity contribution in [3.8, 4) is 5.75 Å². The highest BCUT2D eigenvalue weighted by Gasteiger charge is 2.13. The molecule has 0 saturated carbocycles. The summed E-state index contributed by atoms with van der Waals surface area (Å²) >= 11 is 0. The lowest BCUT2D eigenvalue weighted by Gasteiger charge is -2.11. The summed E-state index contributed by atoms with van der Waals surface area (Å²) in [4.78, 5) is 0. The van der Waals surface area contributed by atoms with E-state index in [1.54, 1.807) is 6.92 Å². The van der Waals surface area contributed by atoms with Gasteiger partial charge < -0.3 is 14.8 Å². The van der Waals surface area contributed by atoms with Gasteiger partial charge in [0.2, 0.25) is 0 Å². The Morgan fingerprint density at radius 3 is 2.30 bits per heavy atom. The van der Waals surface area contributed by atoms with E-state index >= 15 is 0 Å². The second-order valence-electron chi connectivity index (χ2n) is 4.39. The van der Waals surface area contributed by atoms with Crippen molar-refractivity contribution in [3.05, 3.63) is 59.2 Å². The Kier molecular flexibility index (Phi) is 4.37. The summed E-state index contributed by atoms with van der Waals surface area (Å²) in [7, 11) is -1.56. The summed E-state index contributed by atoms with van der Waals surface area (Å²) in [5.41, 5.74) is 0.831. The number of aryl methyl sites for hydroxylation is 1. The van der Waals surface area contributed by atoms with Gasteiger partial charge in [0.05, 0.1) is 5.56 Å². The molecule has 0 saturated heterocycles. The van der Waals surface area contributed by atoms with Crippen LogP contribution in [-0.2, 0) is 6.61 Å². The Morgan fingerprint density at radius 2 is 1.75 bits per heavy atom. The van der Waals surface area contributed by atoms with Crippen LogP contribution in [0.2, 0.25) is 0 Å². The van der Waals surface area contributed by atoms with Crippen molar-refractivity contribution < 1.29 is 23.6 Å². The van der Waals surface area contributed by atoms with Gasteiger partial charge in [-0.25, -0.2) is 8.78 Å². The Hall–Kier alpha value is -1.92. The van der Waals surface area contributed by atoms with Gasteiger partial charge in [0.1, 0.15) is 24.0 Å². The number of hydrogen-bond donors (Lipinski definition) is 2. The predicted octanol–water partition coefficient (Wildman–Crippen LogP) is 1.53. The van der Waals surface area contributed by atoms with Crippen molar-refractivity contribution in [2.45, 2.75) is 13.5 Å². The molecule has 3 nitrogen and oxygen atoms in total. The maximum atomic E-state index is 13.4. The van der Waals surface area contributed by atoms with Gasteiger partial charge in [0, 0.05) is 0 Å². The van der Waals surface area contributed by atoms with Crippen LogP contribution in [0.25, 0.3) is 0 Å². The molecule has 0 aromatic heterocycles. The van der Waals surface area contributed by atoms with E-state index in [1.807, 2.05) is 0 Å². The molecule has 0 radical (unpaired) electrons. The molecule has 2 N–H and O–H groups in total. The average Bonchev–Trinajstić information content (AvgIpc) is 2.39. The van der Waals surface area contributed by atoms with Gasteiger partial charge in [-0.1, -0.05) is 18.2 Å². The summed E-state index contributed by atoms with van der Waals surface area (Å²) in [5.74, 6) is -0.896. The maximum Gasteiger partial charge on any atom is 0.488 e. The van der Waals surface area contributed by atoms with Crippen molar-refractivity contribution in [1.82, 2.24) is 0 Å². The Bertz CT molecular complexity index is 597. The summed E-state index contributed by atoms with van der Waals surface area (Å²) in [6, 6.07) is 8.17. The molecule has 2 aromatic carbocycles. The molecule has 0 aliphatic rings. The van der Waals surface area contributed by atoms with Gasteiger partial charge in [-0.05, 0) is 36.1 Å². The van der Waals surface area contributed by atoms with E-state index in [9.17, 15) is 8.78 Å². The zero-order valence-corrected chi connectivity index (χ0v) is 10.8. The molecule has 20 heavy (non-hydrogen) atoms. The van der Waals surface area contributed by atoms with Gasteiger partial charge in [-0.3, -0.25) is 0 Å². The highest BCUT2D eigenvalue weighted by atomic mass is 19.1. The van der Waals surface area contributed by atoms with Crippen molar-refractivity contribution in [1.29, 1.82) is 0 Å².